The van der Waals surface area contributed by atoms with Crippen molar-refractivity contribution in [3.8, 4) is 5.88 Å². The predicted octanol–water partition coefficient (Wildman–Crippen LogP) is -0.374. The zero-order valence-corrected chi connectivity index (χ0v) is 7.37. The van der Waals surface area contributed by atoms with Gasteiger partial charge in [-0.2, -0.15) is 4.98 Å². The molecular formula is C7H10N4O2. The summed E-state index contributed by atoms with van der Waals surface area (Å²) in [4.78, 5) is 18.5. The highest BCUT2D eigenvalue weighted by atomic mass is 16.5. The maximum absolute atomic E-state index is 10.8. The monoisotopic (exact) mass is 182 g/mol. The quantitative estimate of drug-likeness (QED) is 0.665. The minimum atomic E-state index is -0.612. The van der Waals surface area contributed by atoms with E-state index in [2.05, 4.69) is 15.3 Å². The lowest BCUT2D eigenvalue weighted by Gasteiger charge is -2.04. The Balaban J connectivity index is 3.15. The van der Waals surface area contributed by atoms with E-state index in [9.17, 15) is 4.79 Å². The van der Waals surface area contributed by atoms with Gasteiger partial charge in [0, 0.05) is 13.2 Å². The average Bonchev–Trinajstić information content (AvgIpc) is 2.16. The van der Waals surface area contributed by atoms with Crippen LogP contribution in [0.15, 0.2) is 6.20 Å². The van der Waals surface area contributed by atoms with E-state index in [0.717, 1.165) is 0 Å². The summed E-state index contributed by atoms with van der Waals surface area (Å²) in [5.74, 6) is -0.0618. The number of carbonyl (C=O) groups excluding carboxylic acids is 1. The van der Waals surface area contributed by atoms with Crippen LogP contribution in [0, 0.1) is 0 Å². The molecule has 0 aliphatic rings. The number of primary amides is 1. The molecule has 0 saturated carbocycles. The number of hydrogen-bond donors (Lipinski definition) is 2. The molecule has 1 aromatic rings. The highest BCUT2D eigenvalue weighted by Gasteiger charge is 2.11. The Morgan fingerprint density at radius 3 is 2.85 bits per heavy atom. The van der Waals surface area contributed by atoms with Crippen molar-refractivity contribution in [1.29, 1.82) is 0 Å². The number of nitrogens with zero attached hydrogens (tertiary/aromatic N) is 2. The Morgan fingerprint density at radius 2 is 2.38 bits per heavy atom. The summed E-state index contributed by atoms with van der Waals surface area (Å²) in [6, 6.07) is 0. The van der Waals surface area contributed by atoms with E-state index in [-0.39, 0.29) is 11.4 Å². The molecular weight excluding hydrogens is 172 g/mol. The molecule has 70 valence electrons. The van der Waals surface area contributed by atoms with Gasteiger partial charge in [-0.3, -0.25) is 4.79 Å². The van der Waals surface area contributed by atoms with Crippen LogP contribution in [0.25, 0.3) is 0 Å². The fourth-order valence-electron chi connectivity index (χ4n) is 0.811. The third kappa shape index (κ3) is 1.84. The van der Waals surface area contributed by atoms with Gasteiger partial charge in [-0.25, -0.2) is 4.98 Å². The maximum Gasteiger partial charge on any atom is 0.255 e. The molecule has 0 aliphatic carbocycles. The van der Waals surface area contributed by atoms with E-state index in [1.165, 1.54) is 13.3 Å². The molecule has 1 heterocycles. The van der Waals surface area contributed by atoms with Crippen molar-refractivity contribution in [2.75, 3.05) is 19.5 Å². The first kappa shape index (κ1) is 9.24. The van der Waals surface area contributed by atoms with Gasteiger partial charge in [-0.05, 0) is 0 Å². The summed E-state index contributed by atoms with van der Waals surface area (Å²) in [7, 11) is 3.08. The number of nitrogens with one attached hydrogen (secondary N) is 1. The van der Waals surface area contributed by atoms with E-state index in [0.29, 0.717) is 5.95 Å². The van der Waals surface area contributed by atoms with Gasteiger partial charge in [0.15, 0.2) is 0 Å². The van der Waals surface area contributed by atoms with Crippen LogP contribution in [0.2, 0.25) is 0 Å². The number of rotatable bonds is 3. The van der Waals surface area contributed by atoms with Crippen molar-refractivity contribution >= 4 is 11.9 Å². The first-order chi connectivity index (χ1) is 6.19. The Morgan fingerprint density at radius 1 is 1.69 bits per heavy atom. The second-order valence-electron chi connectivity index (χ2n) is 2.23. The van der Waals surface area contributed by atoms with Crippen molar-refractivity contribution in [3.63, 3.8) is 0 Å². The number of ether oxygens (including phenoxy) is 1. The van der Waals surface area contributed by atoms with E-state index in [1.807, 2.05) is 0 Å². The highest BCUT2D eigenvalue weighted by Crippen LogP contribution is 2.14. The first-order valence-corrected chi connectivity index (χ1v) is 3.57. The molecule has 0 aromatic carbocycles. The molecule has 1 amide bonds. The van der Waals surface area contributed by atoms with Crippen LogP contribution in [0.1, 0.15) is 10.4 Å². The first-order valence-electron chi connectivity index (χ1n) is 3.57. The molecule has 0 bridgehead atoms. The standard InChI is InChI=1S/C7H10N4O2/c1-9-7-10-3-4(5(8)12)6(11-7)13-2/h3H,1-2H3,(H2,8,12)(H,9,10,11). The molecule has 0 saturated heterocycles. The van der Waals surface area contributed by atoms with Gasteiger partial charge in [0.2, 0.25) is 11.8 Å². The van der Waals surface area contributed by atoms with Crippen LogP contribution in [-0.4, -0.2) is 30.0 Å². The number of hydrogen-bond acceptors (Lipinski definition) is 5. The van der Waals surface area contributed by atoms with Crippen LogP contribution in [0.3, 0.4) is 0 Å². The molecule has 0 fully saturated rings. The van der Waals surface area contributed by atoms with E-state index < -0.39 is 5.91 Å². The second-order valence-corrected chi connectivity index (χ2v) is 2.23. The lowest BCUT2D eigenvalue weighted by molar-refractivity contribution is 0.0996. The lowest BCUT2D eigenvalue weighted by Crippen LogP contribution is -2.14. The number of aromatic nitrogens is 2. The molecule has 6 heteroatoms. The van der Waals surface area contributed by atoms with Gasteiger partial charge in [0.05, 0.1) is 7.11 Å². The Labute approximate surface area is 75.1 Å². The fourth-order valence-corrected chi connectivity index (χ4v) is 0.811. The predicted molar refractivity (Wildman–Crippen MR) is 46.6 cm³/mol. The topological polar surface area (TPSA) is 90.1 Å². The van der Waals surface area contributed by atoms with E-state index in [1.54, 1.807) is 7.05 Å². The van der Waals surface area contributed by atoms with Gasteiger partial charge in [0.25, 0.3) is 5.91 Å². The van der Waals surface area contributed by atoms with Gasteiger partial charge in [0.1, 0.15) is 5.56 Å². The van der Waals surface area contributed by atoms with Gasteiger partial charge in [-0.1, -0.05) is 0 Å². The molecule has 0 spiro atoms. The molecule has 1 rings (SSSR count). The van der Waals surface area contributed by atoms with Crippen LogP contribution >= 0.6 is 0 Å². The average molecular weight is 182 g/mol. The van der Waals surface area contributed by atoms with Crippen LogP contribution < -0.4 is 15.8 Å². The molecule has 0 unspecified atom stereocenters. The molecule has 0 atom stereocenters. The van der Waals surface area contributed by atoms with Crippen LogP contribution in [-0.2, 0) is 0 Å². The molecule has 6 nitrogen and oxygen atoms in total. The van der Waals surface area contributed by atoms with Gasteiger partial charge < -0.3 is 15.8 Å². The zero-order valence-electron chi connectivity index (χ0n) is 7.37. The lowest BCUT2D eigenvalue weighted by atomic mass is 10.3. The van der Waals surface area contributed by atoms with Crippen molar-refractivity contribution in [3.05, 3.63) is 11.8 Å². The Kier molecular flexibility index (Phi) is 2.63. The van der Waals surface area contributed by atoms with Crippen molar-refractivity contribution in [2.45, 2.75) is 0 Å². The van der Waals surface area contributed by atoms with Crippen molar-refractivity contribution in [1.82, 2.24) is 9.97 Å². The fraction of sp³-hybridized carbons (Fsp3) is 0.286. The summed E-state index contributed by atoms with van der Waals surface area (Å²) in [5.41, 5.74) is 5.23. The minimum absolute atomic E-state index is 0.168. The summed E-state index contributed by atoms with van der Waals surface area (Å²) in [5, 5.41) is 2.71. The molecule has 1 aromatic heterocycles. The SMILES string of the molecule is CNc1ncc(C(N)=O)c(OC)n1. The molecule has 0 aliphatic heterocycles. The number of carbonyl (C=O) groups is 1. The third-order valence-corrected chi connectivity index (χ3v) is 1.44. The minimum Gasteiger partial charge on any atom is -0.480 e. The summed E-state index contributed by atoms with van der Waals surface area (Å²) in [6.07, 6.45) is 1.32. The number of nitrogens with two attached hydrogens (primary N) is 1. The number of methoxy groups -OCH3 is 1. The maximum atomic E-state index is 10.8. The summed E-state index contributed by atoms with van der Waals surface area (Å²) in [6.45, 7) is 0. The third-order valence-electron chi connectivity index (χ3n) is 1.44. The highest BCUT2D eigenvalue weighted by molar-refractivity contribution is 5.94. The Bertz CT molecular complexity index is 326. The van der Waals surface area contributed by atoms with E-state index in [4.69, 9.17) is 10.5 Å². The normalized spacial score (nSPS) is 9.38. The van der Waals surface area contributed by atoms with Crippen LogP contribution in [0.4, 0.5) is 5.95 Å². The van der Waals surface area contributed by atoms with E-state index >= 15 is 0 Å². The van der Waals surface area contributed by atoms with Crippen molar-refractivity contribution < 1.29 is 9.53 Å². The summed E-state index contributed by atoms with van der Waals surface area (Å²) < 4.78 is 4.86. The van der Waals surface area contributed by atoms with Gasteiger partial charge in [-0.15, -0.1) is 0 Å². The zero-order chi connectivity index (χ0) is 9.84. The number of amides is 1. The van der Waals surface area contributed by atoms with Crippen molar-refractivity contribution in [2.24, 2.45) is 5.73 Å². The van der Waals surface area contributed by atoms with Crippen LogP contribution in [0.5, 0.6) is 5.88 Å². The van der Waals surface area contributed by atoms with Gasteiger partial charge >= 0.3 is 0 Å². The Hall–Kier alpha value is -1.85. The largest absolute Gasteiger partial charge is 0.480 e. The number of anilines is 1. The molecule has 3 N–H and O–H groups in total. The summed E-state index contributed by atoms with van der Waals surface area (Å²) >= 11 is 0. The molecule has 13 heavy (non-hydrogen) atoms. The smallest absolute Gasteiger partial charge is 0.255 e. The molecule has 0 radical (unpaired) electrons. The second kappa shape index (κ2) is 3.70.